The highest BCUT2D eigenvalue weighted by Crippen LogP contribution is 2.31. The first-order chi connectivity index (χ1) is 14.3. The summed E-state index contributed by atoms with van der Waals surface area (Å²) in [7, 11) is -3.17. The fourth-order valence-electron chi connectivity index (χ4n) is 4.17. The minimum Gasteiger partial charge on any atom is -0.447 e. The molecule has 2 saturated heterocycles. The quantitative estimate of drug-likeness (QED) is 0.724. The Labute approximate surface area is 176 Å². The number of nitrogens with zero attached hydrogens (tertiary/aromatic N) is 4. The van der Waals surface area contributed by atoms with Crippen molar-refractivity contribution in [1.29, 1.82) is 0 Å². The number of cyclic esters (lactones) is 1. The van der Waals surface area contributed by atoms with Crippen LogP contribution in [0.25, 0.3) is 0 Å². The minimum absolute atomic E-state index is 0.130. The van der Waals surface area contributed by atoms with Crippen molar-refractivity contribution in [3.63, 3.8) is 0 Å². The third-order valence-electron chi connectivity index (χ3n) is 5.71. The molecule has 9 heteroatoms. The first-order valence-corrected chi connectivity index (χ1v) is 12.0. The molecule has 0 radical (unpaired) electrons. The molecule has 2 fully saturated rings. The second-order valence-electron chi connectivity index (χ2n) is 7.92. The van der Waals surface area contributed by atoms with E-state index in [0.29, 0.717) is 50.6 Å². The smallest absolute Gasteiger partial charge is 0.415 e. The van der Waals surface area contributed by atoms with Crippen molar-refractivity contribution in [3.05, 3.63) is 53.5 Å². The van der Waals surface area contributed by atoms with Crippen LogP contribution in [0, 0.1) is 6.92 Å². The van der Waals surface area contributed by atoms with E-state index in [9.17, 15) is 13.2 Å². The Morgan fingerprint density at radius 3 is 2.50 bits per heavy atom. The molecule has 2 aliphatic rings. The molecule has 0 aliphatic carbocycles. The van der Waals surface area contributed by atoms with Crippen LogP contribution < -0.4 is 4.90 Å². The van der Waals surface area contributed by atoms with Gasteiger partial charge < -0.3 is 4.74 Å². The van der Waals surface area contributed by atoms with Gasteiger partial charge in [0.05, 0.1) is 12.3 Å². The monoisotopic (exact) mass is 430 g/mol. The van der Waals surface area contributed by atoms with Gasteiger partial charge in [-0.3, -0.25) is 4.90 Å². The summed E-state index contributed by atoms with van der Waals surface area (Å²) in [4.78, 5) is 23.2. The van der Waals surface area contributed by atoms with E-state index >= 15 is 0 Å². The summed E-state index contributed by atoms with van der Waals surface area (Å²) in [6, 6.07) is 11.7. The number of benzene rings is 1. The molecule has 0 N–H and O–H groups in total. The number of sulfonamides is 1. The highest BCUT2D eigenvalue weighted by atomic mass is 32.2. The normalized spacial score (nSPS) is 21.1. The predicted octanol–water partition coefficient (Wildman–Crippen LogP) is 2.49. The molecule has 0 unspecified atom stereocenters. The maximum absolute atomic E-state index is 12.5. The van der Waals surface area contributed by atoms with Crippen LogP contribution in [0.1, 0.15) is 35.8 Å². The summed E-state index contributed by atoms with van der Waals surface area (Å²) >= 11 is 0. The highest BCUT2D eigenvalue weighted by Gasteiger charge is 2.36. The lowest BCUT2D eigenvalue weighted by Crippen LogP contribution is -2.38. The number of rotatable bonds is 5. The molecule has 2 aromatic rings. The molecule has 30 heavy (non-hydrogen) atoms. The minimum atomic E-state index is -3.17. The molecule has 0 spiro atoms. The number of carbonyl (C=O) groups excluding carboxylic acids is 1. The Morgan fingerprint density at radius 2 is 1.83 bits per heavy atom. The number of ether oxygens (including phenoxy) is 1. The van der Waals surface area contributed by atoms with Crippen LogP contribution >= 0.6 is 0 Å². The average Bonchev–Trinajstić information content (AvgIpc) is 3.08. The van der Waals surface area contributed by atoms with Gasteiger partial charge in [-0.25, -0.2) is 27.5 Å². The van der Waals surface area contributed by atoms with Gasteiger partial charge in [0.25, 0.3) is 0 Å². The van der Waals surface area contributed by atoms with Gasteiger partial charge in [0.1, 0.15) is 18.2 Å². The zero-order valence-electron chi connectivity index (χ0n) is 17.2. The molecule has 2 aliphatic heterocycles. The van der Waals surface area contributed by atoms with Gasteiger partial charge in [-0.15, -0.1) is 0 Å². The standard InChI is InChI=1S/C21H26N4O4S/c1-15-22-19(17-8-10-24(11-9-17)30(2,27)28)13-20(23-15)25-18(14-29-21(25)26)12-16-6-4-3-5-7-16/h3-7,13,17-18H,8-12,14H2,1-2H3/t18-/m0/s1. The Bertz CT molecular complexity index is 1020. The maximum Gasteiger partial charge on any atom is 0.415 e. The van der Waals surface area contributed by atoms with E-state index < -0.39 is 16.1 Å². The molecule has 0 saturated carbocycles. The summed E-state index contributed by atoms with van der Waals surface area (Å²) in [6.45, 7) is 3.08. The van der Waals surface area contributed by atoms with Crippen molar-refractivity contribution < 1.29 is 17.9 Å². The van der Waals surface area contributed by atoms with Gasteiger partial charge in [0.15, 0.2) is 0 Å². The van der Waals surface area contributed by atoms with Gasteiger partial charge in [-0.2, -0.15) is 0 Å². The average molecular weight is 431 g/mol. The number of amides is 1. The van der Waals surface area contributed by atoms with Crippen molar-refractivity contribution in [3.8, 4) is 0 Å². The molecule has 0 bridgehead atoms. The lowest BCUT2D eigenvalue weighted by Gasteiger charge is -2.30. The fraction of sp³-hybridized carbons (Fsp3) is 0.476. The molecule has 8 nitrogen and oxygen atoms in total. The number of aryl methyl sites for hydroxylation is 1. The lowest BCUT2D eigenvalue weighted by atomic mass is 9.94. The Balaban J connectivity index is 1.55. The molecule has 1 aromatic heterocycles. The van der Waals surface area contributed by atoms with Crippen molar-refractivity contribution >= 4 is 21.9 Å². The molecule has 160 valence electrons. The lowest BCUT2D eigenvalue weighted by molar-refractivity contribution is 0.178. The van der Waals surface area contributed by atoms with Crippen LogP contribution in [0.3, 0.4) is 0 Å². The zero-order chi connectivity index (χ0) is 21.3. The summed E-state index contributed by atoms with van der Waals surface area (Å²) in [6.07, 6.45) is 2.91. The SMILES string of the molecule is Cc1nc(C2CCN(S(C)(=O)=O)CC2)cc(N2C(=O)OC[C@@H]2Cc2ccccc2)n1. The van der Waals surface area contributed by atoms with Crippen LogP contribution in [-0.4, -0.2) is 60.8 Å². The number of piperidine rings is 1. The van der Waals surface area contributed by atoms with Gasteiger partial charge in [-0.1, -0.05) is 30.3 Å². The molecule has 1 atom stereocenters. The second kappa shape index (κ2) is 8.31. The third-order valence-corrected chi connectivity index (χ3v) is 7.01. The van der Waals surface area contributed by atoms with Crippen LogP contribution in [0.5, 0.6) is 0 Å². The van der Waals surface area contributed by atoms with Gasteiger partial charge in [-0.05, 0) is 31.7 Å². The van der Waals surface area contributed by atoms with Gasteiger partial charge in [0.2, 0.25) is 10.0 Å². The molecule has 3 heterocycles. The van der Waals surface area contributed by atoms with E-state index in [1.807, 2.05) is 43.3 Å². The Kier molecular flexibility index (Phi) is 5.75. The van der Waals surface area contributed by atoms with Gasteiger partial charge >= 0.3 is 6.09 Å². The third kappa shape index (κ3) is 4.46. The number of hydrogen-bond donors (Lipinski definition) is 0. The highest BCUT2D eigenvalue weighted by molar-refractivity contribution is 7.88. The van der Waals surface area contributed by atoms with E-state index in [4.69, 9.17) is 4.74 Å². The first kappa shape index (κ1) is 20.7. The predicted molar refractivity (Wildman–Crippen MR) is 113 cm³/mol. The van der Waals surface area contributed by atoms with E-state index in [-0.39, 0.29) is 12.0 Å². The van der Waals surface area contributed by atoms with Crippen molar-refractivity contribution in [2.45, 2.75) is 38.1 Å². The summed E-state index contributed by atoms with van der Waals surface area (Å²) < 4.78 is 30.4. The molecule has 1 aromatic carbocycles. The Hall–Kier alpha value is -2.52. The van der Waals surface area contributed by atoms with E-state index in [0.717, 1.165) is 11.3 Å². The molecule has 4 rings (SSSR count). The number of carbonyl (C=O) groups is 1. The van der Waals surface area contributed by atoms with E-state index in [1.54, 1.807) is 4.90 Å². The number of aromatic nitrogens is 2. The topological polar surface area (TPSA) is 92.7 Å². The van der Waals surface area contributed by atoms with Crippen molar-refractivity contribution in [2.75, 3.05) is 30.9 Å². The van der Waals surface area contributed by atoms with Crippen LogP contribution in [0.4, 0.5) is 10.6 Å². The number of anilines is 1. The number of hydrogen-bond acceptors (Lipinski definition) is 6. The van der Waals surface area contributed by atoms with Crippen LogP contribution in [0.2, 0.25) is 0 Å². The largest absolute Gasteiger partial charge is 0.447 e. The summed E-state index contributed by atoms with van der Waals surface area (Å²) in [5.74, 6) is 1.27. The second-order valence-corrected chi connectivity index (χ2v) is 9.91. The van der Waals surface area contributed by atoms with Crippen LogP contribution in [-0.2, 0) is 21.2 Å². The molecule has 1 amide bonds. The van der Waals surface area contributed by atoms with E-state index in [2.05, 4.69) is 9.97 Å². The Morgan fingerprint density at radius 1 is 1.13 bits per heavy atom. The van der Waals surface area contributed by atoms with Crippen molar-refractivity contribution in [2.24, 2.45) is 0 Å². The maximum atomic E-state index is 12.5. The first-order valence-electron chi connectivity index (χ1n) is 10.1. The fourth-order valence-corrected chi connectivity index (χ4v) is 5.04. The van der Waals surface area contributed by atoms with Gasteiger partial charge in [0, 0.05) is 30.8 Å². The summed E-state index contributed by atoms with van der Waals surface area (Å²) in [5, 5.41) is 0. The molecular formula is C21H26N4O4S. The zero-order valence-corrected chi connectivity index (χ0v) is 18.0. The van der Waals surface area contributed by atoms with Crippen molar-refractivity contribution in [1.82, 2.24) is 14.3 Å². The molecular weight excluding hydrogens is 404 g/mol. The van der Waals surface area contributed by atoms with E-state index in [1.165, 1.54) is 10.6 Å². The van der Waals surface area contributed by atoms with Crippen LogP contribution in [0.15, 0.2) is 36.4 Å². The summed E-state index contributed by atoms with van der Waals surface area (Å²) in [5.41, 5.74) is 1.98.